The molecular formula is C25H22N4O5S. The number of carbonyl (C=O) groups is 4. The van der Waals surface area contributed by atoms with Gasteiger partial charge in [-0.25, -0.2) is 4.98 Å². The van der Waals surface area contributed by atoms with Gasteiger partial charge in [0, 0.05) is 29.9 Å². The molecule has 2 aliphatic rings. The number of imide groups is 1. The van der Waals surface area contributed by atoms with Gasteiger partial charge in [-0.1, -0.05) is 12.1 Å². The summed E-state index contributed by atoms with van der Waals surface area (Å²) >= 11 is 1.24. The molecule has 0 saturated heterocycles. The minimum atomic E-state index is -1.01. The normalized spacial score (nSPS) is 17.3. The van der Waals surface area contributed by atoms with E-state index in [-0.39, 0.29) is 11.9 Å². The zero-order chi connectivity index (χ0) is 24.7. The second-order valence-electron chi connectivity index (χ2n) is 8.37. The monoisotopic (exact) mass is 490 g/mol. The van der Waals surface area contributed by atoms with Crippen molar-refractivity contribution in [3.63, 3.8) is 0 Å². The zero-order valence-corrected chi connectivity index (χ0v) is 19.8. The number of carbonyl (C=O) groups excluding carboxylic acids is 4. The van der Waals surface area contributed by atoms with E-state index in [0.29, 0.717) is 35.0 Å². The summed E-state index contributed by atoms with van der Waals surface area (Å²) in [7, 11) is 0. The minimum absolute atomic E-state index is 0.112. The van der Waals surface area contributed by atoms with Crippen molar-refractivity contribution < 1.29 is 23.9 Å². The van der Waals surface area contributed by atoms with Crippen molar-refractivity contribution in [2.75, 3.05) is 11.9 Å². The third kappa shape index (κ3) is 4.17. The third-order valence-corrected chi connectivity index (χ3v) is 6.81. The average Bonchev–Trinajstić information content (AvgIpc) is 3.41. The van der Waals surface area contributed by atoms with E-state index < -0.39 is 23.8 Å². The highest BCUT2D eigenvalue weighted by molar-refractivity contribution is 7.14. The van der Waals surface area contributed by atoms with Crippen molar-refractivity contribution in [1.29, 1.82) is 0 Å². The fourth-order valence-corrected chi connectivity index (χ4v) is 5.02. The number of amides is 4. The van der Waals surface area contributed by atoms with Gasteiger partial charge in [0.25, 0.3) is 11.8 Å². The SMILES string of the molecule is CC(=O)NC1CCOc2ccc(-c3csc(NC(=O)C(C)N4C(=O)c5ccccc5C4=O)n3)cc21. The second kappa shape index (κ2) is 8.95. The van der Waals surface area contributed by atoms with Crippen LogP contribution in [0.5, 0.6) is 5.75 Å². The van der Waals surface area contributed by atoms with E-state index in [4.69, 9.17) is 4.74 Å². The molecule has 0 radical (unpaired) electrons. The van der Waals surface area contributed by atoms with Crippen LogP contribution in [-0.2, 0) is 9.59 Å². The van der Waals surface area contributed by atoms with Crippen LogP contribution in [0.1, 0.15) is 52.6 Å². The third-order valence-electron chi connectivity index (χ3n) is 6.05. The van der Waals surface area contributed by atoms with Crippen molar-refractivity contribution in [1.82, 2.24) is 15.2 Å². The summed E-state index contributed by atoms with van der Waals surface area (Å²) in [5.74, 6) is -0.877. The first-order chi connectivity index (χ1) is 16.8. The van der Waals surface area contributed by atoms with E-state index in [9.17, 15) is 19.2 Å². The molecule has 9 nitrogen and oxygen atoms in total. The minimum Gasteiger partial charge on any atom is -0.493 e. The number of nitrogens with zero attached hydrogens (tertiary/aromatic N) is 2. The Hall–Kier alpha value is -4.05. The lowest BCUT2D eigenvalue weighted by atomic mass is 9.97. The molecule has 3 aromatic rings. The molecule has 35 heavy (non-hydrogen) atoms. The van der Waals surface area contributed by atoms with Crippen LogP contribution < -0.4 is 15.4 Å². The maximum Gasteiger partial charge on any atom is 0.262 e. The van der Waals surface area contributed by atoms with Gasteiger partial charge >= 0.3 is 0 Å². The molecule has 2 unspecified atom stereocenters. The van der Waals surface area contributed by atoms with Crippen LogP contribution in [-0.4, -0.2) is 46.2 Å². The molecule has 5 rings (SSSR count). The predicted octanol–water partition coefficient (Wildman–Crippen LogP) is 3.39. The summed E-state index contributed by atoms with van der Waals surface area (Å²) in [5.41, 5.74) is 2.93. The summed E-state index contributed by atoms with van der Waals surface area (Å²) in [6, 6.07) is 11.0. The maximum atomic E-state index is 12.9. The number of fused-ring (bicyclic) bond motifs is 2. The highest BCUT2D eigenvalue weighted by Gasteiger charge is 2.40. The fraction of sp³-hybridized carbons (Fsp3) is 0.240. The van der Waals surface area contributed by atoms with Crippen LogP contribution in [0.25, 0.3) is 11.3 Å². The number of benzene rings is 2. The molecule has 2 atom stereocenters. The number of nitrogens with one attached hydrogen (secondary N) is 2. The van der Waals surface area contributed by atoms with Gasteiger partial charge in [-0.15, -0.1) is 11.3 Å². The Morgan fingerprint density at radius 2 is 1.86 bits per heavy atom. The molecular weight excluding hydrogens is 468 g/mol. The van der Waals surface area contributed by atoms with Gasteiger partial charge in [-0.05, 0) is 37.3 Å². The Bertz CT molecular complexity index is 1330. The van der Waals surface area contributed by atoms with Crippen molar-refractivity contribution in [2.45, 2.75) is 32.4 Å². The highest BCUT2D eigenvalue weighted by atomic mass is 32.1. The van der Waals surface area contributed by atoms with Crippen LogP contribution in [0.3, 0.4) is 0 Å². The van der Waals surface area contributed by atoms with E-state index in [0.717, 1.165) is 21.8 Å². The van der Waals surface area contributed by atoms with Gasteiger partial charge in [0.05, 0.1) is 29.5 Å². The van der Waals surface area contributed by atoms with E-state index in [2.05, 4.69) is 15.6 Å². The molecule has 0 saturated carbocycles. The Balaban J connectivity index is 1.32. The van der Waals surface area contributed by atoms with Crippen molar-refractivity contribution in [2.24, 2.45) is 0 Å². The molecule has 0 fully saturated rings. The van der Waals surface area contributed by atoms with Crippen LogP contribution in [0.2, 0.25) is 0 Å². The van der Waals surface area contributed by atoms with Gasteiger partial charge in [0.2, 0.25) is 11.8 Å². The zero-order valence-electron chi connectivity index (χ0n) is 19.0. The Morgan fingerprint density at radius 3 is 2.54 bits per heavy atom. The van der Waals surface area contributed by atoms with E-state index in [1.165, 1.54) is 25.2 Å². The Kier molecular flexibility index (Phi) is 5.81. The molecule has 4 amide bonds. The molecule has 0 bridgehead atoms. The summed E-state index contributed by atoms with van der Waals surface area (Å²) in [5, 5.41) is 7.82. The molecule has 2 aliphatic heterocycles. The quantitative estimate of drug-likeness (QED) is 0.530. The summed E-state index contributed by atoms with van der Waals surface area (Å²) < 4.78 is 5.71. The number of aromatic nitrogens is 1. The topological polar surface area (TPSA) is 118 Å². The lowest BCUT2D eigenvalue weighted by Gasteiger charge is -2.26. The smallest absolute Gasteiger partial charge is 0.262 e. The van der Waals surface area contributed by atoms with Gasteiger partial charge < -0.3 is 15.4 Å². The lowest BCUT2D eigenvalue weighted by molar-refractivity contribution is -0.120. The summed E-state index contributed by atoms with van der Waals surface area (Å²) in [4.78, 5) is 55.3. The van der Waals surface area contributed by atoms with Gasteiger partial charge in [-0.3, -0.25) is 24.1 Å². The number of rotatable bonds is 5. The van der Waals surface area contributed by atoms with Crippen LogP contribution in [0, 0.1) is 0 Å². The van der Waals surface area contributed by atoms with Gasteiger partial charge in [0.1, 0.15) is 11.8 Å². The summed E-state index contributed by atoms with van der Waals surface area (Å²) in [6.07, 6.45) is 0.671. The largest absolute Gasteiger partial charge is 0.493 e. The van der Waals surface area contributed by atoms with E-state index in [1.807, 2.05) is 18.2 Å². The first kappa shape index (κ1) is 22.7. The van der Waals surface area contributed by atoms with Gasteiger partial charge in [0.15, 0.2) is 5.13 Å². The maximum absolute atomic E-state index is 12.9. The van der Waals surface area contributed by atoms with Crippen LogP contribution in [0.15, 0.2) is 47.8 Å². The molecule has 1 aromatic heterocycles. The van der Waals surface area contributed by atoms with Crippen molar-refractivity contribution >= 4 is 40.1 Å². The Morgan fingerprint density at radius 1 is 1.14 bits per heavy atom. The van der Waals surface area contributed by atoms with Gasteiger partial charge in [-0.2, -0.15) is 0 Å². The van der Waals surface area contributed by atoms with Crippen LogP contribution in [0.4, 0.5) is 5.13 Å². The van der Waals surface area contributed by atoms with Crippen molar-refractivity contribution in [3.8, 4) is 17.0 Å². The summed E-state index contributed by atoms with van der Waals surface area (Å²) in [6.45, 7) is 3.52. The average molecular weight is 491 g/mol. The predicted molar refractivity (Wildman–Crippen MR) is 129 cm³/mol. The molecule has 0 spiro atoms. The first-order valence-corrected chi connectivity index (χ1v) is 12.0. The van der Waals surface area contributed by atoms with Crippen LogP contribution >= 0.6 is 11.3 Å². The lowest BCUT2D eigenvalue weighted by Crippen LogP contribution is -2.45. The van der Waals surface area contributed by atoms with E-state index >= 15 is 0 Å². The molecule has 2 N–H and O–H groups in total. The second-order valence-corrected chi connectivity index (χ2v) is 9.23. The number of anilines is 1. The number of ether oxygens (including phenoxy) is 1. The number of hydrogen-bond acceptors (Lipinski definition) is 7. The molecule has 10 heteroatoms. The number of hydrogen-bond donors (Lipinski definition) is 2. The fourth-order valence-electron chi connectivity index (χ4n) is 4.30. The standard InChI is InChI=1S/C25H22N4O5S/c1-13(29-23(32)16-5-3-4-6-17(16)24(29)33)22(31)28-25-27-20(12-35-25)15-7-8-21-18(11-15)19(9-10-34-21)26-14(2)30/h3-8,11-13,19H,9-10H2,1-2H3,(H,26,30)(H,27,28,31). The molecule has 2 aromatic carbocycles. The first-order valence-electron chi connectivity index (χ1n) is 11.1. The molecule has 0 aliphatic carbocycles. The highest BCUT2D eigenvalue weighted by Crippen LogP contribution is 2.36. The van der Waals surface area contributed by atoms with E-state index in [1.54, 1.807) is 29.6 Å². The number of thiazole rings is 1. The molecule has 3 heterocycles. The Labute approximate surface area is 205 Å². The molecule has 178 valence electrons. The van der Waals surface area contributed by atoms with Crippen molar-refractivity contribution in [3.05, 3.63) is 64.5 Å².